The van der Waals surface area contributed by atoms with E-state index in [1.165, 1.54) is 22.9 Å². The molecule has 0 bridgehead atoms. The van der Waals surface area contributed by atoms with Gasteiger partial charge in [-0.15, -0.1) is 10.2 Å². The molecule has 130 valence electrons. The first-order valence-electron chi connectivity index (χ1n) is 6.73. The molecule has 2 heterocycles. The molecule has 0 aliphatic heterocycles. The van der Waals surface area contributed by atoms with Gasteiger partial charge in [-0.2, -0.15) is 13.2 Å². The minimum atomic E-state index is -4.62. The smallest absolute Gasteiger partial charge is 0.338 e. The van der Waals surface area contributed by atoms with E-state index in [1.807, 2.05) is 0 Å². The molecule has 6 nitrogen and oxygen atoms in total. The molecule has 2 aromatic heterocycles. The number of nitrogens with zero attached hydrogens (tertiary/aromatic N) is 3. The number of amides is 1. The molecule has 0 unspecified atom stereocenters. The number of carbonyl (C=O) groups is 1. The third-order valence-electron chi connectivity index (χ3n) is 3.17. The van der Waals surface area contributed by atoms with Crippen molar-refractivity contribution >= 4 is 44.9 Å². The van der Waals surface area contributed by atoms with Crippen LogP contribution in [0.4, 0.5) is 18.3 Å². The summed E-state index contributed by atoms with van der Waals surface area (Å²) in [6, 6.07) is 5.91. The highest BCUT2D eigenvalue weighted by molar-refractivity contribution is 7.15. The predicted octanol–water partition coefficient (Wildman–Crippen LogP) is 3.16. The summed E-state index contributed by atoms with van der Waals surface area (Å²) in [5, 5.41) is 7.83. The Hall–Kier alpha value is -2.46. The van der Waals surface area contributed by atoms with Crippen LogP contribution in [0.25, 0.3) is 10.9 Å². The third kappa shape index (κ3) is 3.80. The maximum atomic E-state index is 12.5. The Morgan fingerprint density at radius 3 is 2.72 bits per heavy atom. The van der Waals surface area contributed by atoms with Crippen molar-refractivity contribution in [2.75, 3.05) is 5.32 Å². The van der Waals surface area contributed by atoms with Crippen molar-refractivity contribution in [1.82, 2.24) is 14.8 Å². The van der Waals surface area contributed by atoms with Gasteiger partial charge in [0.15, 0.2) is 5.43 Å². The lowest BCUT2D eigenvalue weighted by Gasteiger charge is -2.10. The summed E-state index contributed by atoms with van der Waals surface area (Å²) in [5.74, 6) is -0.607. The summed E-state index contributed by atoms with van der Waals surface area (Å²) in [6.45, 7) is -0.223. The van der Waals surface area contributed by atoms with Crippen LogP contribution >= 0.6 is 22.9 Å². The Bertz CT molecular complexity index is 1020. The lowest BCUT2D eigenvalue weighted by molar-refractivity contribution is -0.138. The molecule has 25 heavy (non-hydrogen) atoms. The highest BCUT2D eigenvalue weighted by Gasteiger charge is 2.35. The van der Waals surface area contributed by atoms with Crippen molar-refractivity contribution in [2.45, 2.75) is 12.7 Å². The Labute approximate surface area is 146 Å². The van der Waals surface area contributed by atoms with Gasteiger partial charge in [0.05, 0.1) is 5.52 Å². The van der Waals surface area contributed by atoms with Gasteiger partial charge >= 0.3 is 6.18 Å². The minimum Gasteiger partial charge on any atom is -0.338 e. The first-order valence-corrected chi connectivity index (χ1v) is 7.93. The quantitative estimate of drug-likeness (QED) is 0.747. The van der Waals surface area contributed by atoms with Gasteiger partial charge in [-0.3, -0.25) is 14.9 Å². The van der Waals surface area contributed by atoms with Crippen LogP contribution < -0.4 is 10.7 Å². The van der Waals surface area contributed by atoms with Gasteiger partial charge in [0.25, 0.3) is 0 Å². The highest BCUT2D eigenvalue weighted by atomic mass is 35.5. The number of benzene rings is 1. The molecule has 0 fully saturated rings. The van der Waals surface area contributed by atoms with Gasteiger partial charge in [-0.1, -0.05) is 22.9 Å². The van der Waals surface area contributed by atoms with Crippen LogP contribution in [0, 0.1) is 0 Å². The summed E-state index contributed by atoms with van der Waals surface area (Å²) >= 11 is 6.09. The molecular weight excluding hydrogens is 381 g/mol. The average molecular weight is 389 g/mol. The molecule has 0 saturated heterocycles. The Kier molecular flexibility index (Phi) is 4.48. The van der Waals surface area contributed by atoms with Crippen LogP contribution in [-0.2, 0) is 17.5 Å². The monoisotopic (exact) mass is 388 g/mol. The lowest BCUT2D eigenvalue weighted by atomic mass is 10.2. The molecule has 0 aliphatic carbocycles. The maximum Gasteiger partial charge on any atom is 0.445 e. The van der Waals surface area contributed by atoms with E-state index in [2.05, 4.69) is 15.5 Å². The molecular formula is C14H8ClF3N4O2S. The molecule has 0 atom stereocenters. The number of nitrogens with one attached hydrogen (secondary N) is 1. The Morgan fingerprint density at radius 2 is 2.04 bits per heavy atom. The maximum absolute atomic E-state index is 12.5. The number of hydrogen-bond donors (Lipinski definition) is 1. The van der Waals surface area contributed by atoms with Crippen LogP contribution in [-0.4, -0.2) is 20.7 Å². The van der Waals surface area contributed by atoms with Crippen molar-refractivity contribution in [3.05, 3.63) is 50.7 Å². The van der Waals surface area contributed by atoms with E-state index >= 15 is 0 Å². The second-order valence-corrected chi connectivity index (χ2v) is 6.34. The SMILES string of the molecule is O=C(Cn1ccc(=O)c2cc(Cl)ccc21)Nc1nnc(C(F)(F)F)s1. The van der Waals surface area contributed by atoms with Gasteiger partial charge in [0, 0.05) is 22.7 Å². The zero-order valence-electron chi connectivity index (χ0n) is 12.2. The normalized spacial score (nSPS) is 11.7. The van der Waals surface area contributed by atoms with E-state index in [0.717, 1.165) is 0 Å². The second kappa shape index (κ2) is 6.45. The number of alkyl halides is 3. The van der Waals surface area contributed by atoms with Crippen molar-refractivity contribution in [3.63, 3.8) is 0 Å². The van der Waals surface area contributed by atoms with E-state index in [4.69, 9.17) is 11.6 Å². The molecule has 0 radical (unpaired) electrons. The lowest BCUT2D eigenvalue weighted by Crippen LogP contribution is -2.20. The van der Waals surface area contributed by atoms with Crippen molar-refractivity contribution in [2.24, 2.45) is 0 Å². The topological polar surface area (TPSA) is 76.9 Å². The molecule has 0 saturated carbocycles. The molecule has 0 spiro atoms. The molecule has 11 heteroatoms. The zero-order chi connectivity index (χ0) is 18.2. The molecule has 0 aliphatic rings. The van der Waals surface area contributed by atoms with Crippen LogP contribution in [0.5, 0.6) is 0 Å². The average Bonchev–Trinajstić information content (AvgIpc) is 2.99. The number of pyridine rings is 1. The van der Waals surface area contributed by atoms with Crippen LogP contribution in [0.2, 0.25) is 5.02 Å². The summed E-state index contributed by atoms with van der Waals surface area (Å²) in [5.41, 5.74) is 0.216. The van der Waals surface area contributed by atoms with E-state index in [1.54, 1.807) is 12.1 Å². The zero-order valence-corrected chi connectivity index (χ0v) is 13.7. The Morgan fingerprint density at radius 1 is 1.28 bits per heavy atom. The minimum absolute atomic E-state index is 0.223. The third-order valence-corrected chi connectivity index (χ3v) is 4.29. The van der Waals surface area contributed by atoms with Gasteiger partial charge in [0.2, 0.25) is 16.0 Å². The number of aromatic nitrogens is 3. The molecule has 3 aromatic rings. The summed E-state index contributed by atoms with van der Waals surface area (Å²) in [7, 11) is 0. The van der Waals surface area contributed by atoms with Gasteiger partial charge in [-0.05, 0) is 18.2 Å². The van der Waals surface area contributed by atoms with Crippen molar-refractivity contribution in [3.8, 4) is 0 Å². The van der Waals surface area contributed by atoms with E-state index < -0.39 is 17.1 Å². The Balaban J connectivity index is 1.82. The van der Waals surface area contributed by atoms with Crippen molar-refractivity contribution < 1.29 is 18.0 Å². The van der Waals surface area contributed by atoms with Crippen LogP contribution in [0.1, 0.15) is 5.01 Å². The largest absolute Gasteiger partial charge is 0.445 e. The number of hydrogen-bond acceptors (Lipinski definition) is 5. The molecule has 1 aromatic carbocycles. The second-order valence-electron chi connectivity index (χ2n) is 4.93. The number of carbonyl (C=O) groups excluding carboxylic acids is 1. The summed E-state index contributed by atoms with van der Waals surface area (Å²) in [4.78, 5) is 23.9. The summed E-state index contributed by atoms with van der Waals surface area (Å²) < 4.78 is 38.9. The molecule has 1 amide bonds. The van der Waals surface area contributed by atoms with E-state index in [-0.39, 0.29) is 28.4 Å². The number of halogens is 4. The fourth-order valence-electron chi connectivity index (χ4n) is 2.12. The standard InChI is InChI=1S/C14H8ClF3N4O2S/c15-7-1-2-9-8(5-7)10(23)3-4-22(9)6-11(24)19-13-21-20-12(25-13)14(16,17)18/h1-5H,6H2,(H,19,21,24). The van der Waals surface area contributed by atoms with Crippen LogP contribution in [0.15, 0.2) is 35.3 Å². The molecule has 3 rings (SSSR count). The number of anilines is 1. The number of rotatable bonds is 3. The van der Waals surface area contributed by atoms with E-state index in [0.29, 0.717) is 15.9 Å². The fraction of sp³-hybridized carbons (Fsp3) is 0.143. The fourth-order valence-corrected chi connectivity index (χ4v) is 2.92. The highest BCUT2D eigenvalue weighted by Crippen LogP contribution is 2.32. The van der Waals surface area contributed by atoms with Gasteiger partial charge < -0.3 is 4.57 Å². The number of fused-ring (bicyclic) bond motifs is 1. The van der Waals surface area contributed by atoms with Crippen LogP contribution in [0.3, 0.4) is 0 Å². The van der Waals surface area contributed by atoms with Gasteiger partial charge in [0.1, 0.15) is 6.54 Å². The first-order chi connectivity index (χ1) is 11.7. The predicted molar refractivity (Wildman–Crippen MR) is 86.8 cm³/mol. The first kappa shape index (κ1) is 17.4. The van der Waals surface area contributed by atoms with E-state index in [9.17, 15) is 22.8 Å². The van der Waals surface area contributed by atoms with Crippen molar-refractivity contribution in [1.29, 1.82) is 0 Å². The summed E-state index contributed by atoms with van der Waals surface area (Å²) in [6.07, 6.45) is -3.20. The van der Waals surface area contributed by atoms with Gasteiger partial charge in [-0.25, -0.2) is 0 Å². The molecule has 1 N–H and O–H groups in total.